The molecule has 1 saturated heterocycles. The first-order valence-electron chi connectivity index (χ1n) is 6.47. The normalized spacial score (nSPS) is 17.1. The summed E-state index contributed by atoms with van der Waals surface area (Å²) < 4.78 is 0. The number of nitrogens with one attached hydrogen (secondary N) is 1. The summed E-state index contributed by atoms with van der Waals surface area (Å²) in [4.78, 5) is 12.2. The Morgan fingerprint density at radius 1 is 1.24 bits per heavy atom. The van der Waals surface area contributed by atoms with Crippen LogP contribution in [0.25, 0.3) is 0 Å². The monoisotopic (exact) mass is 231 g/mol. The Labute approximate surface area is 103 Å². The summed E-state index contributed by atoms with van der Waals surface area (Å²) in [5.41, 5.74) is 3.72. The van der Waals surface area contributed by atoms with Crippen molar-refractivity contribution in [3.8, 4) is 0 Å². The van der Waals surface area contributed by atoms with Gasteiger partial charge in [0.1, 0.15) is 5.78 Å². The summed E-state index contributed by atoms with van der Waals surface area (Å²) in [7, 11) is 0. The van der Waals surface area contributed by atoms with Crippen molar-refractivity contribution in [3.63, 3.8) is 0 Å². The second kappa shape index (κ2) is 5.46. The molecule has 0 bridgehead atoms. The molecule has 1 fully saturated rings. The van der Waals surface area contributed by atoms with Crippen LogP contribution in [0.5, 0.6) is 0 Å². The second-order valence-corrected chi connectivity index (χ2v) is 5.04. The van der Waals surface area contributed by atoms with Crippen molar-refractivity contribution in [3.05, 3.63) is 34.9 Å². The quantitative estimate of drug-likeness (QED) is 0.865. The van der Waals surface area contributed by atoms with Crippen molar-refractivity contribution >= 4 is 5.78 Å². The molecule has 0 unspecified atom stereocenters. The predicted molar refractivity (Wildman–Crippen MR) is 70.2 cm³/mol. The van der Waals surface area contributed by atoms with Gasteiger partial charge in [-0.05, 0) is 56.5 Å². The summed E-state index contributed by atoms with van der Waals surface area (Å²) in [6, 6.07) is 6.25. The lowest BCUT2D eigenvalue weighted by atomic mass is 9.88. The van der Waals surface area contributed by atoms with Crippen molar-refractivity contribution in [2.75, 3.05) is 13.1 Å². The highest BCUT2D eigenvalue weighted by atomic mass is 16.1. The molecular formula is C15H21NO. The van der Waals surface area contributed by atoms with E-state index in [2.05, 4.69) is 37.4 Å². The van der Waals surface area contributed by atoms with E-state index in [1.807, 2.05) is 0 Å². The van der Waals surface area contributed by atoms with E-state index in [-0.39, 0.29) is 5.92 Å². The van der Waals surface area contributed by atoms with Gasteiger partial charge in [0.25, 0.3) is 0 Å². The number of hydrogen-bond donors (Lipinski definition) is 1. The Bertz CT molecular complexity index is 385. The van der Waals surface area contributed by atoms with E-state index in [4.69, 9.17) is 0 Å². The number of ketones is 1. The molecule has 1 aliphatic rings. The minimum atomic E-state index is 0.273. The summed E-state index contributed by atoms with van der Waals surface area (Å²) in [6.45, 7) is 6.17. The minimum Gasteiger partial charge on any atom is -0.317 e. The van der Waals surface area contributed by atoms with Crippen LogP contribution in [0.15, 0.2) is 18.2 Å². The van der Waals surface area contributed by atoms with E-state index in [9.17, 15) is 4.79 Å². The number of piperidine rings is 1. The molecule has 92 valence electrons. The minimum absolute atomic E-state index is 0.273. The fraction of sp³-hybridized carbons (Fsp3) is 0.533. The lowest BCUT2D eigenvalue weighted by Gasteiger charge is -2.22. The fourth-order valence-corrected chi connectivity index (χ4v) is 2.59. The van der Waals surface area contributed by atoms with Gasteiger partial charge in [0.05, 0.1) is 0 Å². The van der Waals surface area contributed by atoms with Crippen LogP contribution in [-0.2, 0) is 11.2 Å². The van der Waals surface area contributed by atoms with E-state index >= 15 is 0 Å². The molecule has 0 amide bonds. The van der Waals surface area contributed by atoms with E-state index in [0.29, 0.717) is 12.2 Å². The molecule has 1 aromatic rings. The molecule has 1 heterocycles. The van der Waals surface area contributed by atoms with Crippen molar-refractivity contribution in [1.29, 1.82) is 0 Å². The SMILES string of the molecule is Cc1cccc(C)c1CC(=O)C1CCNCC1. The number of hydrogen-bond acceptors (Lipinski definition) is 2. The maximum absolute atomic E-state index is 12.2. The molecule has 2 heteroatoms. The molecule has 0 saturated carbocycles. The Kier molecular flexibility index (Phi) is 3.95. The fourth-order valence-electron chi connectivity index (χ4n) is 2.59. The molecule has 2 rings (SSSR count). The van der Waals surface area contributed by atoms with Gasteiger partial charge in [-0.15, -0.1) is 0 Å². The summed E-state index contributed by atoms with van der Waals surface area (Å²) in [5, 5.41) is 3.30. The van der Waals surface area contributed by atoms with Crippen LogP contribution in [0, 0.1) is 19.8 Å². The Morgan fingerprint density at radius 2 is 1.82 bits per heavy atom. The van der Waals surface area contributed by atoms with Gasteiger partial charge < -0.3 is 5.32 Å². The van der Waals surface area contributed by atoms with Crippen LogP contribution < -0.4 is 5.32 Å². The van der Waals surface area contributed by atoms with E-state index in [1.165, 1.54) is 16.7 Å². The first kappa shape index (κ1) is 12.3. The molecule has 1 aromatic carbocycles. The maximum Gasteiger partial charge on any atom is 0.140 e. The number of benzene rings is 1. The third-order valence-corrected chi connectivity index (χ3v) is 3.79. The number of carbonyl (C=O) groups excluding carboxylic acids is 1. The van der Waals surface area contributed by atoms with Crippen LogP contribution in [0.4, 0.5) is 0 Å². The van der Waals surface area contributed by atoms with Crippen LogP contribution in [0.3, 0.4) is 0 Å². The van der Waals surface area contributed by atoms with Gasteiger partial charge in [0.15, 0.2) is 0 Å². The zero-order chi connectivity index (χ0) is 12.3. The molecule has 0 aliphatic carbocycles. The molecule has 1 aliphatic heterocycles. The Balaban J connectivity index is 2.07. The highest BCUT2D eigenvalue weighted by Crippen LogP contribution is 2.19. The molecule has 2 nitrogen and oxygen atoms in total. The second-order valence-electron chi connectivity index (χ2n) is 5.04. The molecule has 17 heavy (non-hydrogen) atoms. The van der Waals surface area contributed by atoms with E-state index in [1.54, 1.807) is 0 Å². The van der Waals surface area contributed by atoms with Gasteiger partial charge >= 0.3 is 0 Å². The zero-order valence-electron chi connectivity index (χ0n) is 10.8. The van der Waals surface area contributed by atoms with Crippen molar-refractivity contribution in [2.24, 2.45) is 5.92 Å². The van der Waals surface area contributed by atoms with Crippen molar-refractivity contribution < 1.29 is 4.79 Å². The first-order chi connectivity index (χ1) is 8.18. The molecule has 1 N–H and O–H groups in total. The maximum atomic E-state index is 12.2. The number of carbonyl (C=O) groups is 1. The number of Topliss-reactive ketones (excluding diaryl/α,β-unsaturated/α-hetero) is 1. The average molecular weight is 231 g/mol. The molecule has 0 spiro atoms. The van der Waals surface area contributed by atoms with E-state index < -0.39 is 0 Å². The van der Waals surface area contributed by atoms with Crippen molar-refractivity contribution in [2.45, 2.75) is 33.1 Å². The third-order valence-electron chi connectivity index (χ3n) is 3.79. The Morgan fingerprint density at radius 3 is 2.41 bits per heavy atom. The third kappa shape index (κ3) is 2.95. The standard InChI is InChI=1S/C15H21NO/c1-11-4-3-5-12(2)14(11)10-15(17)13-6-8-16-9-7-13/h3-5,13,16H,6-10H2,1-2H3. The van der Waals surface area contributed by atoms with Gasteiger partial charge in [0, 0.05) is 12.3 Å². The highest BCUT2D eigenvalue weighted by molar-refractivity contribution is 5.84. The highest BCUT2D eigenvalue weighted by Gasteiger charge is 2.21. The molecule has 0 atom stereocenters. The van der Waals surface area contributed by atoms with Crippen LogP contribution in [-0.4, -0.2) is 18.9 Å². The van der Waals surface area contributed by atoms with Gasteiger partial charge in [-0.3, -0.25) is 4.79 Å². The van der Waals surface area contributed by atoms with Gasteiger partial charge in [-0.1, -0.05) is 18.2 Å². The van der Waals surface area contributed by atoms with Gasteiger partial charge in [-0.25, -0.2) is 0 Å². The molecule has 0 radical (unpaired) electrons. The number of rotatable bonds is 3. The predicted octanol–water partition coefficient (Wildman–Crippen LogP) is 2.41. The van der Waals surface area contributed by atoms with Crippen molar-refractivity contribution in [1.82, 2.24) is 5.32 Å². The molecule has 0 aromatic heterocycles. The number of aryl methyl sites for hydroxylation is 2. The average Bonchev–Trinajstić information content (AvgIpc) is 2.35. The van der Waals surface area contributed by atoms with Gasteiger partial charge in [-0.2, -0.15) is 0 Å². The first-order valence-corrected chi connectivity index (χ1v) is 6.47. The lowest BCUT2D eigenvalue weighted by molar-refractivity contribution is -0.122. The summed E-state index contributed by atoms with van der Waals surface area (Å²) in [6.07, 6.45) is 2.62. The van der Waals surface area contributed by atoms with E-state index in [0.717, 1.165) is 25.9 Å². The lowest BCUT2D eigenvalue weighted by Crippen LogP contribution is -2.32. The smallest absolute Gasteiger partial charge is 0.140 e. The largest absolute Gasteiger partial charge is 0.317 e. The summed E-state index contributed by atoms with van der Waals surface area (Å²) in [5.74, 6) is 0.694. The summed E-state index contributed by atoms with van der Waals surface area (Å²) >= 11 is 0. The van der Waals surface area contributed by atoms with Crippen LogP contribution in [0.2, 0.25) is 0 Å². The Hall–Kier alpha value is -1.15. The molecular weight excluding hydrogens is 210 g/mol. The zero-order valence-corrected chi connectivity index (χ0v) is 10.8. The van der Waals surface area contributed by atoms with Gasteiger partial charge in [0.2, 0.25) is 0 Å². The van der Waals surface area contributed by atoms with Crippen LogP contribution >= 0.6 is 0 Å². The van der Waals surface area contributed by atoms with Crippen LogP contribution in [0.1, 0.15) is 29.5 Å². The topological polar surface area (TPSA) is 29.1 Å².